The van der Waals surface area contributed by atoms with Crippen LogP contribution in [0.1, 0.15) is 21.7 Å². The van der Waals surface area contributed by atoms with Crippen molar-refractivity contribution in [3.8, 4) is 0 Å². The second-order valence-electron chi connectivity index (χ2n) is 4.05. The Labute approximate surface area is 128 Å². The summed E-state index contributed by atoms with van der Waals surface area (Å²) in [6.07, 6.45) is 0.359. The van der Waals surface area contributed by atoms with E-state index in [-0.39, 0.29) is 5.78 Å². The number of aromatic nitrogens is 2. The average molecular weight is 419 g/mol. The first-order valence-electron chi connectivity index (χ1n) is 5.46. The van der Waals surface area contributed by atoms with Gasteiger partial charge in [0.15, 0.2) is 5.78 Å². The van der Waals surface area contributed by atoms with Gasteiger partial charge in [-0.15, -0.1) is 0 Å². The van der Waals surface area contributed by atoms with E-state index in [1.54, 1.807) is 4.68 Å². The summed E-state index contributed by atoms with van der Waals surface area (Å²) in [5.74, 6) is 0.115. The number of hydrogen-bond acceptors (Lipinski definition) is 2. The van der Waals surface area contributed by atoms with Gasteiger partial charge in [0.25, 0.3) is 0 Å². The van der Waals surface area contributed by atoms with E-state index >= 15 is 0 Å². The monoisotopic (exact) mass is 418 g/mol. The molecule has 1 heterocycles. The number of carbonyl (C=O) groups excluding carboxylic acids is 1. The van der Waals surface area contributed by atoms with Gasteiger partial charge >= 0.3 is 0 Å². The zero-order valence-corrected chi connectivity index (χ0v) is 13.8. The summed E-state index contributed by atoms with van der Waals surface area (Å²) in [6.45, 7) is 1.92. The Morgan fingerprint density at radius 3 is 2.67 bits per heavy atom. The lowest BCUT2D eigenvalue weighted by Gasteiger charge is -2.04. The third-order valence-corrected chi connectivity index (χ3v) is 4.74. The van der Waals surface area contributed by atoms with E-state index < -0.39 is 0 Å². The molecule has 0 amide bonds. The van der Waals surface area contributed by atoms with Gasteiger partial charge < -0.3 is 0 Å². The molecule has 18 heavy (non-hydrogen) atoms. The molecule has 3 nitrogen and oxygen atoms in total. The number of benzene rings is 1. The first-order chi connectivity index (χ1) is 8.50. The van der Waals surface area contributed by atoms with Gasteiger partial charge in [0.05, 0.1) is 22.3 Å². The minimum Gasteiger partial charge on any atom is -0.294 e. The molecule has 1 aromatic carbocycles. The highest BCUT2D eigenvalue weighted by molar-refractivity contribution is 14.1. The Bertz CT molecular complexity index is 607. The van der Waals surface area contributed by atoms with E-state index in [1.807, 2.05) is 38.2 Å². The molecule has 5 heteroatoms. The van der Waals surface area contributed by atoms with Crippen molar-refractivity contribution in [3.05, 3.63) is 49.3 Å². The van der Waals surface area contributed by atoms with E-state index in [0.717, 1.165) is 25.0 Å². The normalized spacial score (nSPS) is 10.7. The van der Waals surface area contributed by atoms with Crippen LogP contribution in [0.15, 0.2) is 28.7 Å². The summed E-state index contributed by atoms with van der Waals surface area (Å²) in [5.41, 5.74) is 2.59. The number of nitrogens with zero attached hydrogens (tertiary/aromatic N) is 2. The number of ketones is 1. The molecule has 0 saturated heterocycles. The Morgan fingerprint density at radius 1 is 1.44 bits per heavy atom. The van der Waals surface area contributed by atoms with Crippen molar-refractivity contribution < 1.29 is 4.79 Å². The zero-order chi connectivity index (χ0) is 13.3. The van der Waals surface area contributed by atoms with Crippen LogP contribution in [0.4, 0.5) is 0 Å². The highest BCUT2D eigenvalue weighted by Gasteiger charge is 2.16. The van der Waals surface area contributed by atoms with Gasteiger partial charge in [-0.2, -0.15) is 5.10 Å². The van der Waals surface area contributed by atoms with Gasteiger partial charge in [0, 0.05) is 16.2 Å². The van der Waals surface area contributed by atoms with E-state index in [0.29, 0.717) is 6.42 Å². The number of rotatable bonds is 3. The smallest absolute Gasteiger partial charge is 0.169 e. The van der Waals surface area contributed by atoms with Crippen molar-refractivity contribution in [1.29, 1.82) is 0 Å². The molecule has 2 aromatic rings. The lowest BCUT2D eigenvalue weighted by Crippen LogP contribution is -2.09. The number of halogens is 2. The maximum Gasteiger partial charge on any atom is 0.169 e. The van der Waals surface area contributed by atoms with Crippen LogP contribution in [-0.4, -0.2) is 15.6 Å². The first kappa shape index (κ1) is 13.7. The quantitative estimate of drug-likeness (QED) is 0.564. The zero-order valence-electron chi connectivity index (χ0n) is 10.1. The first-order valence-corrected chi connectivity index (χ1v) is 7.33. The van der Waals surface area contributed by atoms with E-state index in [2.05, 4.69) is 43.6 Å². The van der Waals surface area contributed by atoms with Crippen LogP contribution in [0.25, 0.3) is 0 Å². The van der Waals surface area contributed by atoms with E-state index in [9.17, 15) is 4.79 Å². The van der Waals surface area contributed by atoms with Crippen LogP contribution in [0.3, 0.4) is 0 Å². The van der Waals surface area contributed by atoms with Crippen molar-refractivity contribution in [2.45, 2.75) is 13.3 Å². The molecule has 0 aliphatic carbocycles. The Kier molecular flexibility index (Phi) is 4.21. The van der Waals surface area contributed by atoms with Crippen LogP contribution in [0.5, 0.6) is 0 Å². The number of Topliss-reactive ketones (excluding diaryl/α,β-unsaturated/α-hetero) is 1. The molecule has 0 bridgehead atoms. The van der Waals surface area contributed by atoms with Crippen molar-refractivity contribution in [1.82, 2.24) is 9.78 Å². The highest BCUT2D eigenvalue weighted by atomic mass is 127. The molecule has 94 valence electrons. The number of aryl methyl sites for hydroxylation is 2. The largest absolute Gasteiger partial charge is 0.294 e. The number of carbonyl (C=O) groups is 1. The average Bonchev–Trinajstić information content (AvgIpc) is 2.56. The second kappa shape index (κ2) is 5.52. The third-order valence-electron chi connectivity index (χ3n) is 2.76. The Morgan fingerprint density at radius 2 is 2.11 bits per heavy atom. The summed E-state index contributed by atoms with van der Waals surface area (Å²) in [7, 11) is 1.86. The van der Waals surface area contributed by atoms with Gasteiger partial charge in [-0.1, -0.05) is 18.2 Å². The maximum absolute atomic E-state index is 12.3. The molecule has 0 aliphatic heterocycles. The molecular weight excluding hydrogens is 407 g/mol. The fourth-order valence-electron chi connectivity index (χ4n) is 1.81. The van der Waals surface area contributed by atoms with Gasteiger partial charge in [0.1, 0.15) is 0 Å². The summed E-state index contributed by atoms with van der Waals surface area (Å²) in [5, 5.41) is 4.30. The standard InChI is InChI=1S/C13H12BrIN2O/c1-8-13(14)11(17(2)16-8)7-12(18)9-5-3-4-6-10(9)15/h3-6H,7H2,1-2H3. The SMILES string of the molecule is Cc1nn(C)c(CC(=O)c2ccccc2I)c1Br. The molecule has 0 unspecified atom stereocenters. The molecule has 0 radical (unpaired) electrons. The minimum atomic E-state index is 0.115. The van der Waals surface area contributed by atoms with Crippen LogP contribution >= 0.6 is 38.5 Å². The molecule has 1 aromatic heterocycles. The predicted molar refractivity (Wildman–Crippen MR) is 82.8 cm³/mol. The van der Waals surface area contributed by atoms with Gasteiger partial charge in [-0.05, 0) is 51.5 Å². The van der Waals surface area contributed by atoms with Crippen molar-refractivity contribution >= 4 is 44.3 Å². The molecule has 0 fully saturated rings. The minimum absolute atomic E-state index is 0.115. The van der Waals surface area contributed by atoms with Crippen molar-refractivity contribution in [2.75, 3.05) is 0 Å². The summed E-state index contributed by atoms with van der Waals surface area (Å²) < 4.78 is 3.66. The lowest BCUT2D eigenvalue weighted by molar-refractivity contribution is 0.0989. The molecule has 0 spiro atoms. The third kappa shape index (κ3) is 2.66. The highest BCUT2D eigenvalue weighted by Crippen LogP contribution is 2.22. The second-order valence-corrected chi connectivity index (χ2v) is 6.00. The van der Waals surface area contributed by atoms with Gasteiger partial charge in [0.2, 0.25) is 0 Å². The maximum atomic E-state index is 12.3. The summed E-state index contributed by atoms with van der Waals surface area (Å²) >= 11 is 5.67. The Balaban J connectivity index is 2.30. The van der Waals surface area contributed by atoms with Crippen LogP contribution in [-0.2, 0) is 13.5 Å². The van der Waals surface area contributed by atoms with Crippen LogP contribution in [0.2, 0.25) is 0 Å². The number of hydrogen-bond donors (Lipinski definition) is 0. The summed E-state index contributed by atoms with van der Waals surface area (Å²) in [4.78, 5) is 12.3. The topological polar surface area (TPSA) is 34.9 Å². The van der Waals surface area contributed by atoms with Crippen molar-refractivity contribution in [2.24, 2.45) is 7.05 Å². The fraction of sp³-hybridized carbons (Fsp3) is 0.231. The van der Waals surface area contributed by atoms with Crippen molar-refractivity contribution in [3.63, 3.8) is 0 Å². The van der Waals surface area contributed by atoms with Crippen LogP contribution in [0, 0.1) is 10.5 Å². The van der Waals surface area contributed by atoms with E-state index in [1.165, 1.54) is 0 Å². The molecule has 0 aliphatic rings. The lowest BCUT2D eigenvalue weighted by atomic mass is 10.1. The molecular formula is C13H12BrIN2O. The Hall–Kier alpha value is -0.690. The molecule has 0 atom stereocenters. The summed E-state index contributed by atoms with van der Waals surface area (Å²) in [6, 6.07) is 7.63. The predicted octanol–water partition coefficient (Wildman–Crippen LogP) is 3.52. The van der Waals surface area contributed by atoms with E-state index in [4.69, 9.17) is 0 Å². The molecule has 0 N–H and O–H groups in total. The molecule has 0 saturated carbocycles. The van der Waals surface area contributed by atoms with Gasteiger partial charge in [-0.25, -0.2) is 0 Å². The van der Waals surface area contributed by atoms with Crippen LogP contribution < -0.4 is 0 Å². The fourth-order valence-corrected chi connectivity index (χ4v) is 2.97. The van der Waals surface area contributed by atoms with Gasteiger partial charge in [-0.3, -0.25) is 9.48 Å². The molecule has 2 rings (SSSR count).